The molecule has 9 heavy (non-hydrogen) atoms. The van der Waals surface area contributed by atoms with Crippen LogP contribution in [-0.4, -0.2) is 19.3 Å². The van der Waals surface area contributed by atoms with Gasteiger partial charge in [-0.15, -0.1) is 0 Å². The van der Waals surface area contributed by atoms with Crippen molar-refractivity contribution in [1.82, 2.24) is 0 Å². The van der Waals surface area contributed by atoms with Gasteiger partial charge in [-0.1, -0.05) is 0 Å². The van der Waals surface area contributed by atoms with Gasteiger partial charge < -0.3 is 10.5 Å². The van der Waals surface area contributed by atoms with E-state index in [1.54, 1.807) is 0 Å². The van der Waals surface area contributed by atoms with Gasteiger partial charge in [0.05, 0.1) is 6.10 Å². The van der Waals surface area contributed by atoms with E-state index in [0.29, 0.717) is 12.0 Å². The zero-order chi connectivity index (χ0) is 6.27. The zero-order valence-corrected chi connectivity index (χ0v) is 5.55. The number of ether oxygens (including phenoxy) is 1. The van der Waals surface area contributed by atoms with Crippen LogP contribution in [-0.2, 0) is 4.74 Å². The molecule has 1 saturated carbocycles. The van der Waals surface area contributed by atoms with Gasteiger partial charge in [-0.25, -0.2) is 0 Å². The van der Waals surface area contributed by atoms with E-state index in [-0.39, 0.29) is 0 Å². The third-order valence-corrected chi connectivity index (χ3v) is 2.64. The van der Waals surface area contributed by atoms with Crippen LogP contribution >= 0.6 is 0 Å². The predicted molar refractivity (Wildman–Crippen MR) is 35.0 cm³/mol. The van der Waals surface area contributed by atoms with Crippen molar-refractivity contribution in [3.05, 3.63) is 0 Å². The van der Waals surface area contributed by atoms with Crippen molar-refractivity contribution in [2.45, 2.75) is 18.9 Å². The molecule has 1 aliphatic heterocycles. The van der Waals surface area contributed by atoms with Crippen molar-refractivity contribution in [2.75, 3.05) is 13.2 Å². The molecule has 2 fully saturated rings. The molecule has 2 aliphatic rings. The van der Waals surface area contributed by atoms with Gasteiger partial charge in [-0.05, 0) is 31.2 Å². The van der Waals surface area contributed by atoms with E-state index >= 15 is 0 Å². The topological polar surface area (TPSA) is 35.2 Å². The molecule has 1 aliphatic carbocycles. The highest BCUT2D eigenvalue weighted by molar-refractivity contribution is 4.93. The van der Waals surface area contributed by atoms with Gasteiger partial charge in [0.2, 0.25) is 0 Å². The molecule has 0 bridgehead atoms. The molecule has 0 radical (unpaired) electrons. The molecule has 0 aromatic rings. The second kappa shape index (κ2) is 1.96. The van der Waals surface area contributed by atoms with Crippen LogP contribution in [0, 0.1) is 11.8 Å². The van der Waals surface area contributed by atoms with Crippen LogP contribution < -0.4 is 5.73 Å². The van der Waals surface area contributed by atoms with Gasteiger partial charge in [0, 0.05) is 6.61 Å². The fraction of sp³-hybridized carbons (Fsp3) is 1.00. The molecular weight excluding hydrogens is 114 g/mol. The van der Waals surface area contributed by atoms with Crippen molar-refractivity contribution in [3.8, 4) is 0 Å². The summed E-state index contributed by atoms with van der Waals surface area (Å²) in [6.07, 6.45) is 3.15. The molecule has 0 aromatic heterocycles. The minimum absolute atomic E-state index is 0.551. The molecule has 0 aromatic carbocycles. The van der Waals surface area contributed by atoms with Gasteiger partial charge in [0.25, 0.3) is 0 Å². The number of nitrogens with two attached hydrogens (primary N) is 1. The Kier molecular flexibility index (Phi) is 1.24. The summed E-state index contributed by atoms with van der Waals surface area (Å²) in [5.74, 6) is 1.57. The first-order chi connectivity index (χ1) is 4.42. The summed E-state index contributed by atoms with van der Waals surface area (Å²) in [6.45, 7) is 1.80. The molecule has 3 unspecified atom stereocenters. The molecule has 52 valence electrons. The van der Waals surface area contributed by atoms with Crippen molar-refractivity contribution in [2.24, 2.45) is 17.6 Å². The molecule has 2 heteroatoms. The second-order valence-electron chi connectivity index (χ2n) is 3.12. The summed E-state index contributed by atoms with van der Waals surface area (Å²) in [6, 6.07) is 0. The van der Waals surface area contributed by atoms with Crippen molar-refractivity contribution >= 4 is 0 Å². The van der Waals surface area contributed by atoms with Crippen molar-refractivity contribution < 1.29 is 4.74 Å². The van der Waals surface area contributed by atoms with Crippen LogP contribution in [0.5, 0.6) is 0 Å². The zero-order valence-electron chi connectivity index (χ0n) is 5.55. The Bertz CT molecular complexity index is 115. The Morgan fingerprint density at radius 3 is 3.11 bits per heavy atom. The number of fused-ring (bicyclic) bond motifs is 1. The van der Waals surface area contributed by atoms with Crippen LogP contribution in [0.2, 0.25) is 0 Å². The van der Waals surface area contributed by atoms with Gasteiger partial charge >= 0.3 is 0 Å². The number of hydrogen-bond acceptors (Lipinski definition) is 2. The minimum atomic E-state index is 0.551. The molecule has 1 saturated heterocycles. The van der Waals surface area contributed by atoms with Crippen molar-refractivity contribution in [3.63, 3.8) is 0 Å². The molecular formula is C7H13NO. The predicted octanol–water partition coefficient (Wildman–Crippen LogP) is 0.370. The van der Waals surface area contributed by atoms with Gasteiger partial charge in [-0.2, -0.15) is 0 Å². The lowest BCUT2D eigenvalue weighted by atomic mass is 9.72. The summed E-state index contributed by atoms with van der Waals surface area (Å²) in [5.41, 5.74) is 5.51. The quantitative estimate of drug-likeness (QED) is 0.552. The first-order valence-electron chi connectivity index (χ1n) is 3.73. The first kappa shape index (κ1) is 5.69. The highest BCUT2D eigenvalue weighted by atomic mass is 16.5. The monoisotopic (exact) mass is 127 g/mol. The minimum Gasteiger partial charge on any atom is -0.378 e. The molecule has 3 atom stereocenters. The van der Waals surface area contributed by atoms with Crippen LogP contribution in [0.15, 0.2) is 0 Å². The molecule has 0 spiro atoms. The lowest BCUT2D eigenvalue weighted by molar-refractivity contribution is -0.0213. The SMILES string of the molecule is NCC1CC2CCOC12. The average Bonchev–Trinajstić information content (AvgIpc) is 2.14. The van der Waals surface area contributed by atoms with Crippen LogP contribution in [0.4, 0.5) is 0 Å². The largest absolute Gasteiger partial charge is 0.378 e. The standard InChI is InChI=1S/C7H13NO/c8-4-6-3-5-1-2-9-7(5)6/h5-7H,1-4,8H2. The van der Waals surface area contributed by atoms with E-state index in [9.17, 15) is 0 Å². The van der Waals surface area contributed by atoms with E-state index in [4.69, 9.17) is 10.5 Å². The van der Waals surface area contributed by atoms with E-state index in [2.05, 4.69) is 0 Å². The highest BCUT2D eigenvalue weighted by Crippen LogP contribution is 2.42. The first-order valence-corrected chi connectivity index (χ1v) is 3.73. The smallest absolute Gasteiger partial charge is 0.0644 e. The molecule has 2 nitrogen and oxygen atoms in total. The summed E-state index contributed by atoms with van der Waals surface area (Å²) in [4.78, 5) is 0. The molecule has 2 N–H and O–H groups in total. The molecule has 1 heterocycles. The maximum Gasteiger partial charge on any atom is 0.0644 e. The van der Waals surface area contributed by atoms with Gasteiger partial charge in [-0.3, -0.25) is 0 Å². The maximum absolute atomic E-state index is 5.51. The Hall–Kier alpha value is -0.0800. The summed E-state index contributed by atoms with van der Waals surface area (Å²) >= 11 is 0. The lowest BCUT2D eigenvalue weighted by Crippen LogP contribution is -2.43. The fourth-order valence-electron chi connectivity index (χ4n) is 1.99. The van der Waals surface area contributed by atoms with Crippen molar-refractivity contribution in [1.29, 1.82) is 0 Å². The van der Waals surface area contributed by atoms with E-state index < -0.39 is 0 Å². The maximum atomic E-state index is 5.51. The van der Waals surface area contributed by atoms with E-state index in [0.717, 1.165) is 19.1 Å². The summed E-state index contributed by atoms with van der Waals surface area (Å²) < 4.78 is 5.48. The highest BCUT2D eigenvalue weighted by Gasteiger charge is 2.43. The van der Waals surface area contributed by atoms with Gasteiger partial charge in [0.15, 0.2) is 0 Å². The Labute approximate surface area is 55.4 Å². The normalized spacial score (nSPS) is 48.3. The second-order valence-corrected chi connectivity index (χ2v) is 3.12. The molecule has 0 amide bonds. The van der Waals surface area contributed by atoms with Crippen LogP contribution in [0.3, 0.4) is 0 Å². The van der Waals surface area contributed by atoms with Crippen LogP contribution in [0.1, 0.15) is 12.8 Å². The van der Waals surface area contributed by atoms with E-state index in [1.165, 1.54) is 12.8 Å². The summed E-state index contributed by atoms with van der Waals surface area (Å²) in [7, 11) is 0. The lowest BCUT2D eigenvalue weighted by Gasteiger charge is -2.38. The molecule has 2 rings (SSSR count). The van der Waals surface area contributed by atoms with E-state index in [1.807, 2.05) is 0 Å². The third-order valence-electron chi connectivity index (χ3n) is 2.64. The van der Waals surface area contributed by atoms with Gasteiger partial charge in [0.1, 0.15) is 0 Å². The fourth-order valence-corrected chi connectivity index (χ4v) is 1.99. The number of rotatable bonds is 1. The Morgan fingerprint density at radius 2 is 2.44 bits per heavy atom. The Balaban J connectivity index is 1.93. The van der Waals surface area contributed by atoms with Crippen LogP contribution in [0.25, 0.3) is 0 Å². The average molecular weight is 127 g/mol. The number of hydrogen-bond donors (Lipinski definition) is 1. The third kappa shape index (κ3) is 0.700. The Morgan fingerprint density at radius 1 is 1.56 bits per heavy atom. The summed E-state index contributed by atoms with van der Waals surface area (Å²) in [5, 5.41) is 0.